The lowest BCUT2D eigenvalue weighted by atomic mass is 10.1. The first-order valence-corrected chi connectivity index (χ1v) is 7.04. The molecule has 5 nitrogen and oxygen atoms in total. The van der Waals surface area contributed by atoms with Crippen molar-refractivity contribution in [2.75, 3.05) is 5.43 Å². The SMILES string of the molecule is O=[N+]([O-])c1cc(C(F)(F)F)ccc1N/N=C\c1ccc(Cl)c(Cl)c1. The number of hydrogen-bond donors (Lipinski definition) is 1. The molecule has 0 radical (unpaired) electrons. The number of hydrogen-bond acceptors (Lipinski definition) is 4. The Morgan fingerprint density at radius 3 is 2.42 bits per heavy atom. The molecule has 0 aliphatic carbocycles. The van der Waals surface area contributed by atoms with Gasteiger partial charge >= 0.3 is 6.18 Å². The molecule has 2 rings (SSSR count). The minimum atomic E-state index is -4.67. The van der Waals surface area contributed by atoms with Crippen LogP contribution in [0, 0.1) is 10.1 Å². The number of nitro benzene ring substituents is 1. The van der Waals surface area contributed by atoms with E-state index in [1.54, 1.807) is 6.07 Å². The van der Waals surface area contributed by atoms with E-state index in [9.17, 15) is 23.3 Å². The first-order valence-electron chi connectivity index (χ1n) is 6.28. The van der Waals surface area contributed by atoms with Crippen LogP contribution in [0.3, 0.4) is 0 Å². The van der Waals surface area contributed by atoms with Crippen LogP contribution in [-0.2, 0) is 6.18 Å². The van der Waals surface area contributed by atoms with E-state index in [-0.39, 0.29) is 5.69 Å². The smallest absolute Gasteiger partial charge is 0.272 e. The molecule has 0 unspecified atom stereocenters. The Bertz CT molecular complexity index is 810. The number of halogens is 5. The van der Waals surface area contributed by atoms with Crippen LogP contribution in [0.2, 0.25) is 10.0 Å². The Labute approximate surface area is 143 Å². The largest absolute Gasteiger partial charge is 0.416 e. The predicted octanol–water partition coefficient (Wildman–Crippen LogP) is 5.37. The van der Waals surface area contributed by atoms with Gasteiger partial charge in [-0.15, -0.1) is 0 Å². The van der Waals surface area contributed by atoms with Gasteiger partial charge in [0.05, 0.1) is 26.7 Å². The van der Waals surface area contributed by atoms with Crippen LogP contribution in [0.1, 0.15) is 11.1 Å². The number of nitrogens with zero attached hydrogens (tertiary/aromatic N) is 2. The second-order valence-corrected chi connectivity index (χ2v) is 5.34. The lowest BCUT2D eigenvalue weighted by Crippen LogP contribution is -2.06. The van der Waals surface area contributed by atoms with E-state index in [0.29, 0.717) is 21.7 Å². The second kappa shape index (κ2) is 7.06. The molecule has 126 valence electrons. The second-order valence-electron chi connectivity index (χ2n) is 4.53. The van der Waals surface area contributed by atoms with Crippen LogP contribution in [0.5, 0.6) is 0 Å². The van der Waals surface area contributed by atoms with E-state index < -0.39 is 22.4 Å². The minimum Gasteiger partial charge on any atom is -0.272 e. The number of nitro groups is 1. The summed E-state index contributed by atoms with van der Waals surface area (Å²) < 4.78 is 37.8. The monoisotopic (exact) mass is 377 g/mol. The molecule has 10 heteroatoms. The summed E-state index contributed by atoms with van der Waals surface area (Å²) in [5, 5.41) is 15.3. The normalized spacial score (nSPS) is 11.7. The van der Waals surface area contributed by atoms with Crippen molar-refractivity contribution >= 4 is 40.8 Å². The summed E-state index contributed by atoms with van der Waals surface area (Å²) in [7, 11) is 0. The standard InChI is InChI=1S/C14H8Cl2F3N3O2/c15-10-3-1-8(5-11(10)16)7-20-21-12-4-2-9(14(17,18)19)6-13(12)22(23)24/h1-7,21H/b20-7-. The maximum atomic E-state index is 12.6. The summed E-state index contributed by atoms with van der Waals surface area (Å²) in [4.78, 5) is 10.0. The minimum absolute atomic E-state index is 0.177. The van der Waals surface area contributed by atoms with E-state index in [1.165, 1.54) is 18.3 Å². The van der Waals surface area contributed by atoms with Gasteiger partial charge in [0.25, 0.3) is 5.69 Å². The quantitative estimate of drug-likeness (QED) is 0.442. The van der Waals surface area contributed by atoms with Gasteiger partial charge in [0.1, 0.15) is 5.69 Å². The fraction of sp³-hybridized carbons (Fsp3) is 0.0714. The highest BCUT2D eigenvalue weighted by Gasteiger charge is 2.33. The fourth-order valence-corrected chi connectivity index (χ4v) is 2.03. The van der Waals surface area contributed by atoms with Crippen LogP contribution in [0.4, 0.5) is 24.5 Å². The van der Waals surface area contributed by atoms with Crippen molar-refractivity contribution in [3.63, 3.8) is 0 Å². The molecule has 2 aromatic carbocycles. The summed E-state index contributed by atoms with van der Waals surface area (Å²) >= 11 is 11.6. The Morgan fingerprint density at radius 1 is 1.12 bits per heavy atom. The summed E-state index contributed by atoms with van der Waals surface area (Å²) in [5.74, 6) is 0. The molecule has 2 aromatic rings. The van der Waals surface area contributed by atoms with Gasteiger partial charge in [-0.1, -0.05) is 29.3 Å². The molecule has 0 aromatic heterocycles. The molecule has 0 amide bonds. The molecule has 0 saturated heterocycles. The zero-order valence-electron chi connectivity index (χ0n) is 11.6. The lowest BCUT2D eigenvalue weighted by Gasteiger charge is -2.08. The molecule has 0 saturated carbocycles. The van der Waals surface area contributed by atoms with Crippen molar-refractivity contribution in [1.82, 2.24) is 0 Å². The van der Waals surface area contributed by atoms with Crippen LogP contribution < -0.4 is 5.43 Å². The van der Waals surface area contributed by atoms with Crippen LogP contribution in [0.15, 0.2) is 41.5 Å². The zero-order chi connectivity index (χ0) is 17.9. The fourth-order valence-electron chi connectivity index (χ4n) is 1.72. The third-order valence-corrected chi connectivity index (χ3v) is 3.60. The maximum absolute atomic E-state index is 12.6. The molecular formula is C14H8Cl2F3N3O2. The van der Waals surface area contributed by atoms with Gasteiger partial charge in [0, 0.05) is 6.07 Å². The van der Waals surface area contributed by atoms with Gasteiger partial charge in [-0.25, -0.2) is 0 Å². The van der Waals surface area contributed by atoms with Crippen molar-refractivity contribution in [3.8, 4) is 0 Å². The topological polar surface area (TPSA) is 67.5 Å². The van der Waals surface area contributed by atoms with Crippen LogP contribution >= 0.6 is 23.2 Å². The van der Waals surface area contributed by atoms with Crippen molar-refractivity contribution in [1.29, 1.82) is 0 Å². The van der Waals surface area contributed by atoms with Gasteiger partial charge in [-0.3, -0.25) is 15.5 Å². The summed E-state index contributed by atoms with van der Waals surface area (Å²) in [6, 6.07) is 6.75. The molecule has 0 atom stereocenters. The molecule has 0 heterocycles. The predicted molar refractivity (Wildman–Crippen MR) is 85.8 cm³/mol. The highest BCUT2D eigenvalue weighted by atomic mass is 35.5. The van der Waals surface area contributed by atoms with Gasteiger partial charge in [0.2, 0.25) is 0 Å². The van der Waals surface area contributed by atoms with Crippen molar-refractivity contribution < 1.29 is 18.1 Å². The highest BCUT2D eigenvalue weighted by Crippen LogP contribution is 2.34. The molecule has 0 spiro atoms. The zero-order valence-corrected chi connectivity index (χ0v) is 13.2. The van der Waals surface area contributed by atoms with E-state index in [0.717, 1.165) is 12.1 Å². The van der Waals surface area contributed by atoms with Crippen LogP contribution in [-0.4, -0.2) is 11.1 Å². The third kappa shape index (κ3) is 4.36. The van der Waals surface area contributed by atoms with E-state index in [4.69, 9.17) is 23.2 Å². The number of hydrazone groups is 1. The van der Waals surface area contributed by atoms with Crippen molar-refractivity contribution in [3.05, 3.63) is 67.7 Å². The van der Waals surface area contributed by atoms with E-state index in [1.807, 2.05) is 0 Å². The molecule has 0 aliphatic heterocycles. The molecule has 0 aliphatic rings. The molecule has 1 N–H and O–H groups in total. The van der Waals surface area contributed by atoms with Gasteiger partial charge in [-0.05, 0) is 29.8 Å². The Kier molecular flexibility index (Phi) is 5.30. The average Bonchev–Trinajstić information content (AvgIpc) is 2.50. The number of nitrogens with one attached hydrogen (secondary N) is 1. The third-order valence-electron chi connectivity index (χ3n) is 2.86. The van der Waals surface area contributed by atoms with Gasteiger partial charge in [-0.2, -0.15) is 18.3 Å². The summed E-state index contributed by atoms with van der Waals surface area (Å²) in [6.45, 7) is 0. The highest BCUT2D eigenvalue weighted by molar-refractivity contribution is 6.42. The Hall–Kier alpha value is -2.32. The van der Waals surface area contributed by atoms with Crippen LogP contribution in [0.25, 0.3) is 0 Å². The van der Waals surface area contributed by atoms with Crippen molar-refractivity contribution in [2.45, 2.75) is 6.18 Å². The first-order chi connectivity index (χ1) is 11.2. The molecule has 0 fully saturated rings. The average molecular weight is 378 g/mol. The summed E-state index contributed by atoms with van der Waals surface area (Å²) in [5.41, 5.74) is 0.854. The van der Waals surface area contributed by atoms with Gasteiger partial charge < -0.3 is 0 Å². The van der Waals surface area contributed by atoms with E-state index in [2.05, 4.69) is 10.5 Å². The Balaban J connectivity index is 2.24. The number of alkyl halides is 3. The number of rotatable bonds is 4. The molecule has 0 bridgehead atoms. The Morgan fingerprint density at radius 2 is 1.83 bits per heavy atom. The summed E-state index contributed by atoms with van der Waals surface area (Å²) in [6.07, 6.45) is -3.38. The van der Waals surface area contributed by atoms with Gasteiger partial charge in [0.15, 0.2) is 0 Å². The van der Waals surface area contributed by atoms with Crippen molar-refractivity contribution in [2.24, 2.45) is 5.10 Å². The first kappa shape index (κ1) is 18.0. The number of anilines is 1. The maximum Gasteiger partial charge on any atom is 0.416 e. The number of benzene rings is 2. The molecular weight excluding hydrogens is 370 g/mol. The lowest BCUT2D eigenvalue weighted by molar-refractivity contribution is -0.384. The molecule has 24 heavy (non-hydrogen) atoms. The van der Waals surface area contributed by atoms with E-state index >= 15 is 0 Å².